The quantitative estimate of drug-likeness (QED) is 0.368. The van der Waals surface area contributed by atoms with E-state index in [4.69, 9.17) is 4.74 Å². The van der Waals surface area contributed by atoms with E-state index in [0.29, 0.717) is 18.4 Å². The highest BCUT2D eigenvalue weighted by atomic mass is 16.5. The summed E-state index contributed by atoms with van der Waals surface area (Å²) in [4.78, 5) is 25.9. The molecule has 0 saturated heterocycles. The first-order valence-electron chi connectivity index (χ1n) is 9.75. The van der Waals surface area contributed by atoms with Crippen molar-refractivity contribution in [2.24, 2.45) is 0 Å². The number of esters is 1. The summed E-state index contributed by atoms with van der Waals surface area (Å²) >= 11 is 0. The minimum absolute atomic E-state index is 0.0233. The van der Waals surface area contributed by atoms with Crippen molar-refractivity contribution in [2.75, 3.05) is 13.2 Å². The number of aryl methyl sites for hydroxylation is 1. The maximum absolute atomic E-state index is 12.4. The Bertz CT molecular complexity index is 791. The zero-order chi connectivity index (χ0) is 20.0. The van der Waals surface area contributed by atoms with Gasteiger partial charge in [-0.1, -0.05) is 67.8 Å². The number of hydrogen-bond donors (Lipinski definition) is 0. The lowest BCUT2D eigenvalue weighted by Gasteiger charge is -2.15. The highest BCUT2D eigenvalue weighted by Crippen LogP contribution is 2.04. The summed E-state index contributed by atoms with van der Waals surface area (Å²) in [6, 6.07) is 21.9. The van der Waals surface area contributed by atoms with Gasteiger partial charge in [0.25, 0.3) is 0 Å². The molecule has 0 unspecified atom stereocenters. The molecule has 0 saturated carbocycles. The summed E-state index contributed by atoms with van der Waals surface area (Å²) in [5.74, 6) is 2.66. The van der Waals surface area contributed by atoms with Crippen molar-refractivity contribution < 1.29 is 14.3 Å². The average molecular weight is 377 g/mol. The number of ether oxygens (including phenoxy) is 1. The van der Waals surface area contributed by atoms with E-state index < -0.39 is 5.97 Å². The summed E-state index contributed by atoms with van der Waals surface area (Å²) in [6.45, 7) is 2.45. The van der Waals surface area contributed by atoms with Gasteiger partial charge in [0.1, 0.15) is 6.61 Å². The van der Waals surface area contributed by atoms with Gasteiger partial charge in [-0.05, 0) is 30.5 Å². The van der Waals surface area contributed by atoms with Crippen molar-refractivity contribution in [1.29, 1.82) is 0 Å². The third-order valence-electron chi connectivity index (χ3n) is 4.20. The Labute approximate surface area is 167 Å². The van der Waals surface area contributed by atoms with Gasteiger partial charge in [-0.25, -0.2) is 4.79 Å². The number of hydrogen-bond acceptors (Lipinski definition) is 3. The van der Waals surface area contributed by atoms with Crippen LogP contribution < -0.4 is 0 Å². The van der Waals surface area contributed by atoms with Crippen LogP contribution in [-0.4, -0.2) is 29.9 Å². The molecule has 0 fully saturated rings. The standard InChI is InChI=1S/C24H27NO3/c1-2-3-17-23(26)25(18-11-10-14-21-12-6-4-7-13-21)19-20-28-24(27)22-15-8-5-9-16-22/h4-9,12-13,15-16H,2-3,10,14,17,19-20H2,1H3. The van der Waals surface area contributed by atoms with Crippen molar-refractivity contribution >= 4 is 11.9 Å². The van der Waals surface area contributed by atoms with E-state index in [2.05, 4.69) is 24.1 Å². The van der Waals surface area contributed by atoms with Crippen molar-refractivity contribution in [3.05, 3.63) is 71.8 Å². The third-order valence-corrected chi connectivity index (χ3v) is 4.20. The fraction of sp³-hybridized carbons (Fsp3) is 0.333. The SMILES string of the molecule is CCCCC(=O)N(C#CCCc1ccccc1)CCOC(=O)c1ccccc1. The molecule has 4 heteroatoms. The molecule has 2 aromatic rings. The predicted molar refractivity (Wildman–Crippen MR) is 111 cm³/mol. The van der Waals surface area contributed by atoms with Crippen LogP contribution in [0.25, 0.3) is 0 Å². The molecule has 0 spiro atoms. The highest BCUT2D eigenvalue weighted by Gasteiger charge is 2.12. The Hall–Kier alpha value is -3.06. The molecule has 0 N–H and O–H groups in total. The predicted octanol–water partition coefficient (Wildman–Crippen LogP) is 4.46. The van der Waals surface area contributed by atoms with E-state index in [1.807, 2.05) is 31.2 Å². The minimum Gasteiger partial charge on any atom is -0.460 e. The molecular formula is C24H27NO3. The van der Waals surface area contributed by atoms with Crippen LogP contribution in [0, 0.1) is 12.0 Å². The summed E-state index contributed by atoms with van der Waals surface area (Å²) in [7, 11) is 0. The maximum atomic E-state index is 12.4. The minimum atomic E-state index is -0.390. The second kappa shape index (κ2) is 12.3. The molecule has 0 heterocycles. The monoisotopic (exact) mass is 377 g/mol. The maximum Gasteiger partial charge on any atom is 0.338 e. The Morgan fingerprint density at radius 3 is 2.36 bits per heavy atom. The number of carbonyl (C=O) groups excluding carboxylic acids is 2. The highest BCUT2D eigenvalue weighted by molar-refractivity contribution is 5.89. The van der Waals surface area contributed by atoms with Gasteiger partial charge < -0.3 is 4.74 Å². The van der Waals surface area contributed by atoms with Crippen molar-refractivity contribution in [2.45, 2.75) is 39.0 Å². The van der Waals surface area contributed by atoms with Crippen LogP contribution in [0.15, 0.2) is 60.7 Å². The van der Waals surface area contributed by atoms with Gasteiger partial charge in [-0.15, -0.1) is 0 Å². The Kier molecular flexibility index (Phi) is 9.37. The Morgan fingerprint density at radius 1 is 1.00 bits per heavy atom. The van der Waals surface area contributed by atoms with Crippen LogP contribution in [0.4, 0.5) is 0 Å². The van der Waals surface area contributed by atoms with E-state index in [-0.39, 0.29) is 19.1 Å². The molecule has 0 atom stereocenters. The van der Waals surface area contributed by atoms with Crippen LogP contribution in [0.2, 0.25) is 0 Å². The van der Waals surface area contributed by atoms with E-state index >= 15 is 0 Å². The van der Waals surface area contributed by atoms with Gasteiger partial charge in [0.15, 0.2) is 0 Å². The normalized spacial score (nSPS) is 9.89. The Morgan fingerprint density at radius 2 is 1.68 bits per heavy atom. The van der Waals surface area contributed by atoms with Crippen LogP contribution in [0.3, 0.4) is 0 Å². The molecule has 0 aliphatic rings. The summed E-state index contributed by atoms with van der Waals surface area (Å²) in [6.07, 6.45) is 3.74. The van der Waals surface area contributed by atoms with Gasteiger partial charge in [0, 0.05) is 18.9 Å². The van der Waals surface area contributed by atoms with E-state index in [1.54, 1.807) is 24.3 Å². The number of nitrogens with zero attached hydrogens (tertiary/aromatic N) is 1. The lowest BCUT2D eigenvalue weighted by atomic mass is 10.1. The molecule has 0 aliphatic heterocycles. The first kappa shape index (κ1) is 21.2. The molecule has 0 radical (unpaired) electrons. The van der Waals surface area contributed by atoms with Crippen LogP contribution >= 0.6 is 0 Å². The average Bonchev–Trinajstić information content (AvgIpc) is 2.74. The zero-order valence-corrected chi connectivity index (χ0v) is 16.4. The molecule has 28 heavy (non-hydrogen) atoms. The first-order valence-corrected chi connectivity index (χ1v) is 9.75. The van der Waals surface area contributed by atoms with E-state index in [0.717, 1.165) is 19.3 Å². The number of benzene rings is 2. The van der Waals surface area contributed by atoms with Gasteiger partial charge in [-0.3, -0.25) is 9.69 Å². The summed E-state index contributed by atoms with van der Waals surface area (Å²) < 4.78 is 5.29. The van der Waals surface area contributed by atoms with Crippen molar-refractivity contribution in [3.63, 3.8) is 0 Å². The molecule has 1 amide bonds. The van der Waals surface area contributed by atoms with Gasteiger partial charge in [0.2, 0.25) is 5.91 Å². The topological polar surface area (TPSA) is 46.6 Å². The van der Waals surface area contributed by atoms with Crippen LogP contribution in [0.1, 0.15) is 48.5 Å². The number of unbranched alkanes of at least 4 members (excludes halogenated alkanes) is 1. The number of amides is 1. The lowest BCUT2D eigenvalue weighted by molar-refractivity contribution is -0.128. The largest absolute Gasteiger partial charge is 0.460 e. The van der Waals surface area contributed by atoms with E-state index in [9.17, 15) is 9.59 Å². The van der Waals surface area contributed by atoms with Gasteiger partial charge in [-0.2, -0.15) is 0 Å². The van der Waals surface area contributed by atoms with Gasteiger partial charge in [0.05, 0.1) is 12.1 Å². The molecular weight excluding hydrogens is 350 g/mol. The molecule has 0 aromatic heterocycles. The molecule has 4 nitrogen and oxygen atoms in total. The van der Waals surface area contributed by atoms with Crippen LogP contribution in [-0.2, 0) is 16.0 Å². The smallest absolute Gasteiger partial charge is 0.338 e. The summed E-state index contributed by atoms with van der Waals surface area (Å²) in [5.41, 5.74) is 1.72. The molecule has 2 aromatic carbocycles. The second-order valence-electron chi connectivity index (χ2n) is 6.43. The van der Waals surface area contributed by atoms with Crippen LogP contribution in [0.5, 0.6) is 0 Å². The lowest BCUT2D eigenvalue weighted by Crippen LogP contribution is -2.30. The second-order valence-corrected chi connectivity index (χ2v) is 6.43. The zero-order valence-electron chi connectivity index (χ0n) is 16.4. The van der Waals surface area contributed by atoms with Crippen molar-refractivity contribution in [3.8, 4) is 12.0 Å². The molecule has 146 valence electrons. The Balaban J connectivity index is 1.87. The third kappa shape index (κ3) is 7.67. The van der Waals surface area contributed by atoms with Crippen molar-refractivity contribution in [1.82, 2.24) is 4.90 Å². The molecule has 0 bridgehead atoms. The molecule has 2 rings (SSSR count). The summed E-state index contributed by atoms with van der Waals surface area (Å²) in [5, 5.41) is 0. The fourth-order valence-corrected chi connectivity index (χ4v) is 2.60. The molecule has 0 aliphatic carbocycles. The first-order chi connectivity index (χ1) is 13.7. The van der Waals surface area contributed by atoms with E-state index in [1.165, 1.54) is 10.5 Å². The fourth-order valence-electron chi connectivity index (χ4n) is 2.60. The van der Waals surface area contributed by atoms with Gasteiger partial charge >= 0.3 is 5.97 Å². The number of rotatable bonds is 9. The number of carbonyl (C=O) groups is 2.